The molecule has 1 aromatic carbocycles. The van der Waals surface area contributed by atoms with E-state index in [1.165, 1.54) is 26.2 Å². The minimum atomic E-state index is -1.58. The summed E-state index contributed by atoms with van der Waals surface area (Å²) < 4.78 is 6.40. The number of hydrogen-bond donors (Lipinski definition) is 1. The molecule has 4 aliphatic rings. The van der Waals surface area contributed by atoms with Crippen LogP contribution in [0.4, 0.5) is 0 Å². The lowest BCUT2D eigenvalue weighted by atomic mass is 9.44. The Morgan fingerprint density at radius 1 is 1.00 bits per heavy atom. The van der Waals surface area contributed by atoms with E-state index >= 15 is 0 Å². The van der Waals surface area contributed by atoms with Crippen LogP contribution in [0, 0.1) is 28.6 Å². The van der Waals surface area contributed by atoms with Gasteiger partial charge in [-0.05, 0) is 76.0 Å². The van der Waals surface area contributed by atoms with E-state index in [-0.39, 0.29) is 11.2 Å². The van der Waals surface area contributed by atoms with Crippen molar-refractivity contribution in [3.05, 3.63) is 35.9 Å². The van der Waals surface area contributed by atoms with Crippen LogP contribution in [0.5, 0.6) is 0 Å². The number of esters is 1. The van der Waals surface area contributed by atoms with Gasteiger partial charge in [0.25, 0.3) is 0 Å². The number of benzene rings is 1. The average molecular weight is 413 g/mol. The maximum Gasteiger partial charge on any atom is 0.322 e. The van der Waals surface area contributed by atoms with Gasteiger partial charge in [0.15, 0.2) is 11.2 Å². The molecule has 1 atom stereocenters. The van der Waals surface area contributed by atoms with Gasteiger partial charge in [0.2, 0.25) is 0 Å². The molecular formula is C26H36O4. The second kappa shape index (κ2) is 7.78. The van der Waals surface area contributed by atoms with Crippen molar-refractivity contribution >= 4 is 11.8 Å². The highest BCUT2D eigenvalue weighted by Crippen LogP contribution is 2.65. The summed E-state index contributed by atoms with van der Waals surface area (Å²) in [4.78, 5) is 26.7. The van der Waals surface area contributed by atoms with E-state index in [0.717, 1.165) is 49.9 Å². The molecule has 1 aromatic rings. The molecule has 4 saturated carbocycles. The molecule has 1 N–H and O–H groups in total. The first kappa shape index (κ1) is 21.5. The molecule has 1 unspecified atom stereocenters. The van der Waals surface area contributed by atoms with Crippen molar-refractivity contribution in [2.45, 2.75) is 77.7 Å². The Balaban J connectivity index is 1.64. The van der Waals surface area contributed by atoms with Gasteiger partial charge in [-0.3, -0.25) is 9.59 Å². The number of aliphatic hydroxyl groups is 1. The predicted octanol–water partition coefficient (Wildman–Crippen LogP) is 5.19. The first-order chi connectivity index (χ1) is 14.3. The van der Waals surface area contributed by atoms with Gasteiger partial charge in [-0.15, -0.1) is 0 Å². The van der Waals surface area contributed by atoms with Gasteiger partial charge in [-0.1, -0.05) is 44.2 Å². The van der Waals surface area contributed by atoms with E-state index in [1.807, 2.05) is 6.07 Å². The number of carbonyl (C=O) groups is 2. The summed E-state index contributed by atoms with van der Waals surface area (Å²) in [7, 11) is 0. The van der Waals surface area contributed by atoms with Crippen molar-refractivity contribution in [3.8, 4) is 0 Å². The topological polar surface area (TPSA) is 63.6 Å². The van der Waals surface area contributed by atoms with E-state index in [0.29, 0.717) is 5.56 Å². The molecule has 4 fully saturated rings. The summed E-state index contributed by atoms with van der Waals surface area (Å²) >= 11 is 0. The number of Topliss-reactive ketones (excluding diaryl/α,β-unsaturated/α-hetero) is 1. The zero-order valence-electron chi connectivity index (χ0n) is 18.7. The quantitative estimate of drug-likeness (QED) is 0.363. The highest BCUT2D eigenvalue weighted by molar-refractivity contribution is 6.12. The Morgan fingerprint density at radius 2 is 1.50 bits per heavy atom. The maximum atomic E-state index is 13.5. The van der Waals surface area contributed by atoms with Gasteiger partial charge in [0.1, 0.15) is 5.60 Å². The molecule has 5 rings (SSSR count). The lowest BCUT2D eigenvalue weighted by Crippen LogP contribution is -2.60. The third-order valence-corrected chi connectivity index (χ3v) is 8.74. The molecule has 0 spiro atoms. The van der Waals surface area contributed by atoms with E-state index in [2.05, 4.69) is 13.8 Å². The number of ketones is 1. The number of carbonyl (C=O) groups excluding carboxylic acids is 2. The van der Waals surface area contributed by atoms with Crippen LogP contribution < -0.4 is 0 Å². The van der Waals surface area contributed by atoms with Gasteiger partial charge in [0, 0.05) is 11.0 Å². The Hall–Kier alpha value is -1.68. The summed E-state index contributed by atoms with van der Waals surface area (Å²) in [6.07, 6.45) is 8.90. The summed E-state index contributed by atoms with van der Waals surface area (Å²) in [6, 6.07) is 8.75. The predicted molar refractivity (Wildman–Crippen MR) is 116 cm³/mol. The number of hydrogen-bond acceptors (Lipinski definition) is 4. The average Bonchev–Trinajstić information content (AvgIpc) is 2.75. The lowest BCUT2D eigenvalue weighted by Gasteiger charge is -2.63. The second-order valence-electron chi connectivity index (χ2n) is 10.5. The summed E-state index contributed by atoms with van der Waals surface area (Å²) in [6.45, 7) is 5.21. The fourth-order valence-electron chi connectivity index (χ4n) is 7.35. The van der Waals surface area contributed by atoms with E-state index < -0.39 is 23.6 Å². The Morgan fingerprint density at radius 3 is 1.93 bits per heavy atom. The van der Waals surface area contributed by atoms with E-state index in [1.54, 1.807) is 24.3 Å². The Bertz CT molecular complexity index is 759. The number of ether oxygens (including phenoxy) is 1. The van der Waals surface area contributed by atoms with Crippen LogP contribution in [0.25, 0.3) is 0 Å². The van der Waals surface area contributed by atoms with Gasteiger partial charge in [-0.25, -0.2) is 0 Å². The van der Waals surface area contributed by atoms with Crippen LogP contribution >= 0.6 is 0 Å². The number of aliphatic hydroxyl groups excluding tert-OH is 1. The Labute approximate surface area is 180 Å². The van der Waals surface area contributed by atoms with Crippen molar-refractivity contribution in [1.82, 2.24) is 0 Å². The molecule has 4 nitrogen and oxygen atoms in total. The van der Waals surface area contributed by atoms with Crippen LogP contribution in [-0.2, 0) is 9.53 Å². The fourth-order valence-corrected chi connectivity index (χ4v) is 7.35. The van der Waals surface area contributed by atoms with Crippen molar-refractivity contribution in [2.24, 2.45) is 28.6 Å². The second-order valence-corrected chi connectivity index (χ2v) is 10.5. The molecule has 0 radical (unpaired) electrons. The first-order valence-electron chi connectivity index (χ1n) is 11.8. The number of rotatable bonds is 8. The molecule has 164 valence electrons. The van der Waals surface area contributed by atoms with Crippen LogP contribution in [0.2, 0.25) is 0 Å². The molecule has 0 saturated heterocycles. The highest BCUT2D eigenvalue weighted by Gasteiger charge is 2.62. The van der Waals surface area contributed by atoms with E-state index in [4.69, 9.17) is 4.74 Å². The molecule has 0 aromatic heterocycles. The molecule has 30 heavy (non-hydrogen) atoms. The molecule has 4 aliphatic carbocycles. The van der Waals surface area contributed by atoms with Crippen molar-refractivity contribution in [3.63, 3.8) is 0 Å². The van der Waals surface area contributed by atoms with Crippen LogP contribution in [-0.4, -0.2) is 29.1 Å². The summed E-state index contributed by atoms with van der Waals surface area (Å²) in [5.41, 5.74) is -1.70. The molecule has 4 heteroatoms. The Kier molecular flexibility index (Phi) is 5.59. The minimum absolute atomic E-state index is 0.0209. The summed E-state index contributed by atoms with van der Waals surface area (Å²) in [5, 5.41) is 10.1. The van der Waals surface area contributed by atoms with Gasteiger partial charge in [-0.2, -0.15) is 0 Å². The van der Waals surface area contributed by atoms with E-state index in [9.17, 15) is 14.7 Å². The fraction of sp³-hybridized carbons (Fsp3) is 0.692. The monoisotopic (exact) mass is 412 g/mol. The van der Waals surface area contributed by atoms with Crippen LogP contribution in [0.1, 0.15) is 82.5 Å². The molecular weight excluding hydrogens is 376 g/mol. The van der Waals surface area contributed by atoms with Crippen molar-refractivity contribution in [2.75, 3.05) is 6.61 Å². The largest absolute Gasteiger partial charge is 0.458 e. The van der Waals surface area contributed by atoms with Gasteiger partial charge in [0.05, 0.1) is 6.61 Å². The maximum absolute atomic E-state index is 13.5. The first-order valence-corrected chi connectivity index (χ1v) is 11.8. The normalized spacial score (nSPS) is 31.9. The van der Waals surface area contributed by atoms with Gasteiger partial charge < -0.3 is 9.84 Å². The molecule has 0 heterocycles. The molecule has 0 amide bonds. The lowest BCUT2D eigenvalue weighted by molar-refractivity contribution is -0.218. The minimum Gasteiger partial charge on any atom is -0.458 e. The molecule has 0 aliphatic heterocycles. The zero-order valence-corrected chi connectivity index (χ0v) is 18.7. The SMILES string of the molecule is CCC(CC)(OC(=O)C(C)(CO)C(=O)c1ccccc1)C12CC3CC(CC(C3)C1)C2. The van der Waals surface area contributed by atoms with Crippen LogP contribution in [0.15, 0.2) is 30.3 Å². The smallest absolute Gasteiger partial charge is 0.322 e. The highest BCUT2D eigenvalue weighted by atomic mass is 16.6. The summed E-state index contributed by atoms with van der Waals surface area (Å²) in [5.74, 6) is 1.31. The van der Waals surface area contributed by atoms with Crippen molar-refractivity contribution < 1.29 is 19.4 Å². The standard InChI is InChI=1S/C26H36O4/c1-4-26(5-2,25-14-18-11-19(15-25)13-20(12-18)16-25)30-23(29)24(3,17-27)22(28)21-9-7-6-8-10-21/h6-10,18-20,27H,4-5,11-17H2,1-3H3. The third-order valence-electron chi connectivity index (χ3n) is 8.74. The third kappa shape index (κ3) is 3.23. The van der Waals surface area contributed by atoms with Gasteiger partial charge >= 0.3 is 5.97 Å². The zero-order chi connectivity index (χ0) is 21.6. The molecule has 4 bridgehead atoms. The van der Waals surface area contributed by atoms with Crippen molar-refractivity contribution in [1.29, 1.82) is 0 Å². The van der Waals surface area contributed by atoms with Crippen LogP contribution in [0.3, 0.4) is 0 Å².